The van der Waals surface area contributed by atoms with Crippen molar-refractivity contribution >= 4 is 10.0 Å². The van der Waals surface area contributed by atoms with Crippen LogP contribution in [0.3, 0.4) is 0 Å². The average molecular weight is 401 g/mol. The molecule has 0 aliphatic carbocycles. The normalized spacial score (nSPS) is 16.3. The Morgan fingerprint density at radius 1 is 0.964 bits per heavy atom. The van der Waals surface area contributed by atoms with Crippen LogP contribution in [-0.4, -0.2) is 58.6 Å². The molecule has 4 rings (SSSR count). The zero-order valence-electron chi connectivity index (χ0n) is 15.1. The molecule has 2 aromatic heterocycles. The molecule has 3 aromatic rings. The number of aromatic nitrogens is 3. The zero-order chi connectivity index (χ0) is 19.6. The molecular formula is C19H20FN5O2S. The first-order chi connectivity index (χ1) is 13.5. The Morgan fingerprint density at radius 3 is 2.43 bits per heavy atom. The molecule has 0 bridgehead atoms. The molecule has 9 heteroatoms. The number of hydrogen-bond donors (Lipinski definition) is 0. The highest BCUT2D eigenvalue weighted by Gasteiger charge is 2.29. The molecule has 0 atom stereocenters. The Hall–Kier alpha value is -2.62. The molecule has 0 radical (unpaired) electrons. The van der Waals surface area contributed by atoms with Gasteiger partial charge in [-0.3, -0.25) is 14.6 Å². The second kappa shape index (κ2) is 7.78. The van der Waals surface area contributed by atoms with Gasteiger partial charge < -0.3 is 0 Å². The molecule has 28 heavy (non-hydrogen) atoms. The Labute approximate surface area is 163 Å². The summed E-state index contributed by atoms with van der Waals surface area (Å²) in [5.74, 6) is -0.554. The third-order valence-corrected chi connectivity index (χ3v) is 6.69. The maximum absolute atomic E-state index is 13.4. The fourth-order valence-corrected chi connectivity index (χ4v) is 4.74. The molecule has 0 N–H and O–H groups in total. The third kappa shape index (κ3) is 3.82. The minimum atomic E-state index is -3.68. The topological polar surface area (TPSA) is 71.3 Å². The Morgan fingerprint density at radius 2 is 1.71 bits per heavy atom. The molecule has 0 spiro atoms. The lowest BCUT2D eigenvalue weighted by Gasteiger charge is -2.34. The zero-order valence-corrected chi connectivity index (χ0v) is 16.0. The van der Waals surface area contributed by atoms with Crippen LogP contribution < -0.4 is 0 Å². The fraction of sp³-hybridized carbons (Fsp3) is 0.263. The summed E-state index contributed by atoms with van der Waals surface area (Å²) in [6.07, 6.45) is 5.23. The van der Waals surface area contributed by atoms with Gasteiger partial charge in [0, 0.05) is 50.3 Å². The second-order valence-electron chi connectivity index (χ2n) is 6.57. The highest BCUT2D eigenvalue weighted by Crippen LogP contribution is 2.21. The van der Waals surface area contributed by atoms with Gasteiger partial charge in [0.15, 0.2) is 0 Å². The molecule has 3 heterocycles. The van der Waals surface area contributed by atoms with Crippen molar-refractivity contribution in [3.63, 3.8) is 0 Å². The van der Waals surface area contributed by atoms with Crippen LogP contribution in [0.5, 0.6) is 0 Å². The van der Waals surface area contributed by atoms with Gasteiger partial charge in [0.1, 0.15) is 5.82 Å². The standard InChI is InChI=1S/C19H20FN5O2S/c20-17-2-1-3-18(14-17)28(26,27)24-12-10-23(11-13-24)15-25-19(6-9-22-25)16-4-7-21-8-5-16/h1-9,14H,10-13,15H2. The van der Waals surface area contributed by atoms with Crippen LogP contribution in [0.2, 0.25) is 0 Å². The number of pyridine rings is 1. The number of piperazine rings is 1. The number of benzene rings is 1. The average Bonchev–Trinajstić information content (AvgIpc) is 3.17. The van der Waals surface area contributed by atoms with Crippen LogP contribution in [-0.2, 0) is 16.7 Å². The molecular weight excluding hydrogens is 381 g/mol. The van der Waals surface area contributed by atoms with Crippen LogP contribution in [0.15, 0.2) is 66.0 Å². The maximum atomic E-state index is 13.4. The maximum Gasteiger partial charge on any atom is 0.243 e. The lowest BCUT2D eigenvalue weighted by Crippen LogP contribution is -2.48. The Kier molecular flexibility index (Phi) is 5.21. The van der Waals surface area contributed by atoms with Gasteiger partial charge in [-0.1, -0.05) is 6.07 Å². The van der Waals surface area contributed by atoms with E-state index in [0.717, 1.165) is 17.3 Å². The lowest BCUT2D eigenvalue weighted by atomic mass is 10.2. The monoisotopic (exact) mass is 401 g/mol. The van der Waals surface area contributed by atoms with E-state index in [9.17, 15) is 12.8 Å². The molecule has 1 aliphatic heterocycles. The number of sulfonamides is 1. The summed E-state index contributed by atoms with van der Waals surface area (Å²) in [6.45, 7) is 2.42. The van der Waals surface area contributed by atoms with Crippen LogP contribution in [0, 0.1) is 5.82 Å². The number of halogens is 1. The molecule has 7 nitrogen and oxygen atoms in total. The lowest BCUT2D eigenvalue weighted by molar-refractivity contribution is 0.146. The van der Waals surface area contributed by atoms with Gasteiger partial charge in [0.05, 0.1) is 17.3 Å². The SMILES string of the molecule is O=S(=O)(c1cccc(F)c1)N1CCN(Cn2nccc2-c2ccncc2)CC1. The first-order valence-corrected chi connectivity index (χ1v) is 10.4. The van der Waals surface area contributed by atoms with Gasteiger partial charge in [-0.15, -0.1) is 0 Å². The van der Waals surface area contributed by atoms with E-state index in [-0.39, 0.29) is 4.90 Å². The van der Waals surface area contributed by atoms with Crippen LogP contribution >= 0.6 is 0 Å². The van der Waals surface area contributed by atoms with E-state index in [2.05, 4.69) is 15.0 Å². The minimum absolute atomic E-state index is 0.00648. The van der Waals surface area contributed by atoms with E-state index < -0.39 is 15.8 Å². The number of rotatable bonds is 5. The van der Waals surface area contributed by atoms with Crippen molar-refractivity contribution in [1.82, 2.24) is 24.0 Å². The Bertz CT molecular complexity index is 1050. The molecule has 1 aliphatic rings. The van der Waals surface area contributed by atoms with Crippen LogP contribution in [0.1, 0.15) is 0 Å². The summed E-state index contributed by atoms with van der Waals surface area (Å²) >= 11 is 0. The third-order valence-electron chi connectivity index (χ3n) is 4.79. The van der Waals surface area contributed by atoms with Crippen molar-refractivity contribution in [3.05, 3.63) is 66.9 Å². The van der Waals surface area contributed by atoms with Crippen molar-refractivity contribution in [3.8, 4) is 11.3 Å². The van der Waals surface area contributed by atoms with Gasteiger partial charge in [0.25, 0.3) is 0 Å². The molecule has 1 saturated heterocycles. The van der Waals surface area contributed by atoms with Crippen molar-refractivity contribution in [1.29, 1.82) is 0 Å². The fourth-order valence-electron chi connectivity index (χ4n) is 3.29. The minimum Gasteiger partial charge on any atom is -0.282 e. The van der Waals surface area contributed by atoms with Crippen molar-refractivity contribution in [2.24, 2.45) is 0 Å². The summed E-state index contributed by atoms with van der Waals surface area (Å²) in [5, 5.41) is 4.39. The highest BCUT2D eigenvalue weighted by atomic mass is 32.2. The predicted octanol–water partition coefficient (Wildman–Crippen LogP) is 2.05. The summed E-state index contributed by atoms with van der Waals surface area (Å²) in [5.41, 5.74) is 2.01. The van der Waals surface area contributed by atoms with Crippen molar-refractivity contribution in [2.45, 2.75) is 11.6 Å². The Balaban J connectivity index is 1.42. The van der Waals surface area contributed by atoms with Gasteiger partial charge in [0.2, 0.25) is 10.0 Å². The van der Waals surface area contributed by atoms with Gasteiger partial charge in [-0.25, -0.2) is 12.8 Å². The van der Waals surface area contributed by atoms with E-state index >= 15 is 0 Å². The molecule has 0 amide bonds. The van der Waals surface area contributed by atoms with E-state index in [1.54, 1.807) is 18.6 Å². The largest absolute Gasteiger partial charge is 0.282 e. The molecule has 1 fully saturated rings. The number of nitrogens with zero attached hydrogens (tertiary/aromatic N) is 5. The molecule has 1 aromatic carbocycles. The van der Waals surface area contributed by atoms with E-state index in [1.165, 1.54) is 22.5 Å². The highest BCUT2D eigenvalue weighted by molar-refractivity contribution is 7.89. The smallest absolute Gasteiger partial charge is 0.243 e. The molecule has 0 unspecified atom stereocenters. The summed E-state index contributed by atoms with van der Waals surface area (Å²) in [7, 11) is -3.68. The van der Waals surface area contributed by atoms with Crippen LogP contribution in [0.4, 0.5) is 4.39 Å². The van der Waals surface area contributed by atoms with Crippen molar-refractivity contribution in [2.75, 3.05) is 26.2 Å². The first kappa shape index (κ1) is 18.7. The molecule has 146 valence electrons. The van der Waals surface area contributed by atoms with Crippen molar-refractivity contribution < 1.29 is 12.8 Å². The molecule has 0 saturated carbocycles. The van der Waals surface area contributed by atoms with E-state index in [4.69, 9.17) is 0 Å². The second-order valence-corrected chi connectivity index (χ2v) is 8.51. The van der Waals surface area contributed by atoms with Gasteiger partial charge in [-0.05, 0) is 36.4 Å². The predicted molar refractivity (Wildman–Crippen MR) is 102 cm³/mol. The summed E-state index contributed by atoms with van der Waals surface area (Å²) in [6, 6.07) is 10.9. The van der Waals surface area contributed by atoms with Gasteiger partial charge >= 0.3 is 0 Å². The number of hydrogen-bond acceptors (Lipinski definition) is 5. The quantitative estimate of drug-likeness (QED) is 0.654. The summed E-state index contributed by atoms with van der Waals surface area (Å²) in [4.78, 5) is 6.18. The van der Waals surface area contributed by atoms with Gasteiger partial charge in [-0.2, -0.15) is 9.40 Å². The van der Waals surface area contributed by atoms with E-state index in [1.807, 2.05) is 22.9 Å². The summed E-state index contributed by atoms with van der Waals surface area (Å²) < 4.78 is 42.2. The van der Waals surface area contributed by atoms with E-state index in [0.29, 0.717) is 32.8 Å². The van der Waals surface area contributed by atoms with Crippen LogP contribution in [0.25, 0.3) is 11.3 Å². The first-order valence-electron chi connectivity index (χ1n) is 8.94.